The molecule has 2 atom stereocenters. The number of amidine groups is 1. The molecule has 0 radical (unpaired) electrons. The van der Waals surface area contributed by atoms with Gasteiger partial charge in [0.1, 0.15) is 41.8 Å². The van der Waals surface area contributed by atoms with Gasteiger partial charge < -0.3 is 24.0 Å². The van der Waals surface area contributed by atoms with E-state index in [0.29, 0.717) is 33.7 Å². The van der Waals surface area contributed by atoms with Crippen LogP contribution in [0, 0.1) is 20.2 Å². The van der Waals surface area contributed by atoms with E-state index in [2.05, 4.69) is 10.5 Å². The molecule has 3 heterocycles. The highest BCUT2D eigenvalue weighted by atomic mass is 32.1. The molecule has 0 fully saturated rings. The zero-order chi connectivity index (χ0) is 29.1. The van der Waals surface area contributed by atoms with Gasteiger partial charge in [0.05, 0.1) is 27.8 Å². The number of anilines is 2. The van der Waals surface area contributed by atoms with Crippen molar-refractivity contribution < 1.29 is 33.6 Å². The Morgan fingerprint density at radius 3 is 2.30 bits per heavy atom. The number of amides is 1. The average Bonchev–Trinajstić information content (AvgIpc) is 2.94. The van der Waals surface area contributed by atoms with Crippen molar-refractivity contribution in [1.29, 1.82) is 0 Å². The molecule has 0 bridgehead atoms. The van der Waals surface area contributed by atoms with Crippen LogP contribution >= 0.6 is 12.2 Å². The van der Waals surface area contributed by atoms with Crippen molar-refractivity contribution in [3.8, 4) is 11.5 Å². The number of nitro groups is 2. The fourth-order valence-electron chi connectivity index (χ4n) is 4.20. The molecule has 0 aromatic heterocycles. The Labute approximate surface area is 232 Å². The van der Waals surface area contributed by atoms with Gasteiger partial charge in [-0.3, -0.25) is 25.0 Å². The predicted octanol–water partition coefficient (Wildman–Crippen LogP) is 2.70. The van der Waals surface area contributed by atoms with Crippen LogP contribution in [0.15, 0.2) is 41.5 Å². The second-order valence-corrected chi connectivity index (χ2v) is 9.11. The highest BCUT2D eigenvalue weighted by molar-refractivity contribution is 7.80. The number of nitrogens with one attached hydrogen (secondary N) is 1. The summed E-state index contributed by atoms with van der Waals surface area (Å²) in [4.78, 5) is 47.9. The summed E-state index contributed by atoms with van der Waals surface area (Å²) in [5.41, 5.74) is 3.14. The van der Waals surface area contributed by atoms with Crippen molar-refractivity contribution in [3.63, 3.8) is 0 Å². The third-order valence-electron chi connectivity index (χ3n) is 6.16. The maximum absolute atomic E-state index is 11.9. The van der Waals surface area contributed by atoms with Crippen molar-refractivity contribution in [2.24, 2.45) is 5.10 Å². The van der Waals surface area contributed by atoms with Crippen LogP contribution in [0.3, 0.4) is 0 Å². The van der Waals surface area contributed by atoms with E-state index in [1.807, 2.05) is 0 Å². The van der Waals surface area contributed by atoms with E-state index in [1.54, 1.807) is 30.6 Å². The molecule has 3 aliphatic rings. The number of carbonyl (C=O) groups excluding carboxylic acids is 2. The van der Waals surface area contributed by atoms with Crippen molar-refractivity contribution in [3.05, 3.63) is 56.6 Å². The fourth-order valence-corrected chi connectivity index (χ4v) is 4.51. The molecule has 0 aliphatic carbocycles. The SMILES string of the molecule is CCOC(=O)[C@@H](C)N1C(=S)COc2ccc([N+](=O)[O-])cc21.C[C@@H]1C(=O)NN=C2COc3ccc([N+](=O)[O-])cc3N21. The van der Waals surface area contributed by atoms with Gasteiger partial charge in [0.25, 0.3) is 17.3 Å². The Morgan fingerprint density at radius 2 is 1.70 bits per heavy atom. The number of non-ortho nitro benzene ring substituents is 2. The fraction of sp³-hybridized carbons (Fsp3) is 0.333. The number of carbonyl (C=O) groups is 2. The lowest BCUT2D eigenvalue weighted by molar-refractivity contribution is -0.385. The van der Waals surface area contributed by atoms with E-state index >= 15 is 0 Å². The summed E-state index contributed by atoms with van der Waals surface area (Å²) in [6.07, 6.45) is 0. The van der Waals surface area contributed by atoms with Crippen LogP contribution in [0.1, 0.15) is 20.8 Å². The van der Waals surface area contributed by atoms with Gasteiger partial charge in [-0.2, -0.15) is 5.10 Å². The normalized spacial score (nSPS) is 17.7. The van der Waals surface area contributed by atoms with E-state index in [-0.39, 0.29) is 37.1 Å². The first kappa shape index (κ1) is 28.2. The molecule has 0 saturated heterocycles. The van der Waals surface area contributed by atoms with Crippen LogP contribution in [-0.4, -0.2) is 64.5 Å². The van der Waals surface area contributed by atoms with E-state index in [9.17, 15) is 29.8 Å². The number of hydrogen-bond acceptors (Lipinski definition) is 12. The van der Waals surface area contributed by atoms with Gasteiger partial charge in [-0.15, -0.1) is 0 Å². The molecule has 15 nitrogen and oxygen atoms in total. The minimum absolute atomic E-state index is 0.0539. The maximum atomic E-state index is 11.9. The Morgan fingerprint density at radius 1 is 1.12 bits per heavy atom. The number of nitrogens with zero attached hydrogens (tertiary/aromatic N) is 5. The Hall–Kier alpha value is -4.86. The summed E-state index contributed by atoms with van der Waals surface area (Å²) in [5, 5.41) is 25.6. The number of esters is 1. The zero-order valence-electron chi connectivity index (χ0n) is 21.6. The molecule has 0 unspecified atom stereocenters. The molecule has 2 aromatic rings. The summed E-state index contributed by atoms with van der Waals surface area (Å²) in [7, 11) is 0. The van der Waals surface area contributed by atoms with E-state index < -0.39 is 27.9 Å². The maximum Gasteiger partial charge on any atom is 0.328 e. The molecule has 16 heteroatoms. The number of ether oxygens (including phenoxy) is 3. The second-order valence-electron chi connectivity index (χ2n) is 8.64. The van der Waals surface area contributed by atoms with Crippen LogP contribution < -0.4 is 24.7 Å². The molecule has 5 rings (SSSR count). The molecule has 1 amide bonds. The first-order chi connectivity index (χ1) is 19.0. The Kier molecular flexibility index (Phi) is 8.08. The predicted molar refractivity (Wildman–Crippen MR) is 146 cm³/mol. The second kappa shape index (κ2) is 11.5. The van der Waals surface area contributed by atoms with Gasteiger partial charge in [0, 0.05) is 24.3 Å². The smallest absolute Gasteiger partial charge is 0.328 e. The van der Waals surface area contributed by atoms with Gasteiger partial charge >= 0.3 is 5.97 Å². The number of fused-ring (bicyclic) bond motifs is 4. The van der Waals surface area contributed by atoms with Crippen LogP contribution in [0.4, 0.5) is 22.7 Å². The lowest BCUT2D eigenvalue weighted by Gasteiger charge is -2.37. The monoisotopic (exact) mass is 572 g/mol. The molecular weight excluding hydrogens is 548 g/mol. The molecule has 2 aromatic carbocycles. The quantitative estimate of drug-likeness (QED) is 0.240. The van der Waals surface area contributed by atoms with E-state index in [0.717, 1.165) is 0 Å². The standard InChI is InChI=1S/C13H14N2O5S.C11H10N4O4/c1-3-19-13(16)8(2)14-10-6-9(15(17)18)4-5-11(10)20-7-12(14)21;1-6-11(16)13-12-10-5-19-9-3-2-7(15(17)18)4-8(9)14(6)10/h4-6,8H,3,7H2,1-2H3;2-4,6H,5H2,1H3,(H,13,16)/t8-;6-/m11/s1. The number of thiocarbonyl (C=S) groups is 1. The third-order valence-corrected chi connectivity index (χ3v) is 6.47. The number of hydrogen-bond donors (Lipinski definition) is 1. The molecular formula is C24H24N6O9S. The topological polar surface area (TPSA) is 179 Å². The lowest BCUT2D eigenvalue weighted by atomic mass is 10.1. The van der Waals surface area contributed by atoms with Crippen LogP contribution in [0.25, 0.3) is 0 Å². The Bertz CT molecular complexity index is 1430. The molecule has 3 aliphatic heterocycles. The van der Waals surface area contributed by atoms with Crippen LogP contribution in [0.5, 0.6) is 11.5 Å². The van der Waals surface area contributed by atoms with Crippen molar-refractivity contribution in [2.75, 3.05) is 29.6 Å². The van der Waals surface area contributed by atoms with Gasteiger partial charge in [0.2, 0.25) is 0 Å². The summed E-state index contributed by atoms with van der Waals surface area (Å²) >= 11 is 5.22. The minimum atomic E-state index is -0.679. The van der Waals surface area contributed by atoms with Gasteiger partial charge in [-0.05, 0) is 32.9 Å². The van der Waals surface area contributed by atoms with Crippen molar-refractivity contribution >= 4 is 57.7 Å². The van der Waals surface area contributed by atoms with Gasteiger partial charge in [-0.25, -0.2) is 10.2 Å². The number of hydrazone groups is 1. The first-order valence-corrected chi connectivity index (χ1v) is 12.4. The summed E-state index contributed by atoms with van der Waals surface area (Å²) in [6.45, 7) is 5.67. The van der Waals surface area contributed by atoms with Crippen LogP contribution in [0.2, 0.25) is 0 Å². The van der Waals surface area contributed by atoms with Crippen molar-refractivity contribution in [2.45, 2.75) is 32.9 Å². The number of benzene rings is 2. The van der Waals surface area contributed by atoms with Crippen LogP contribution in [-0.2, 0) is 14.3 Å². The number of rotatable bonds is 5. The molecule has 1 N–H and O–H groups in total. The van der Waals surface area contributed by atoms with Crippen molar-refractivity contribution in [1.82, 2.24) is 5.43 Å². The van der Waals surface area contributed by atoms with E-state index in [4.69, 9.17) is 26.4 Å². The summed E-state index contributed by atoms with van der Waals surface area (Å²) in [6, 6.07) is 7.31. The highest BCUT2D eigenvalue weighted by Crippen LogP contribution is 2.38. The first-order valence-electron chi connectivity index (χ1n) is 12.0. The zero-order valence-corrected chi connectivity index (χ0v) is 22.4. The average molecular weight is 573 g/mol. The molecule has 0 spiro atoms. The van der Waals surface area contributed by atoms with Gasteiger partial charge in [-0.1, -0.05) is 12.2 Å². The summed E-state index contributed by atoms with van der Waals surface area (Å²) in [5.74, 6) is 0.777. The summed E-state index contributed by atoms with van der Waals surface area (Å²) < 4.78 is 15.9. The minimum Gasteiger partial charge on any atom is -0.484 e. The molecule has 210 valence electrons. The largest absolute Gasteiger partial charge is 0.484 e. The lowest BCUT2D eigenvalue weighted by Crippen LogP contribution is -2.55. The van der Waals surface area contributed by atoms with E-state index in [1.165, 1.54) is 36.4 Å². The molecule has 0 saturated carbocycles. The molecule has 40 heavy (non-hydrogen) atoms. The highest BCUT2D eigenvalue weighted by Gasteiger charge is 2.36. The third kappa shape index (κ3) is 5.47. The number of nitro benzene ring substituents is 2. The Balaban J connectivity index is 0.000000186. The van der Waals surface area contributed by atoms with Gasteiger partial charge in [0.15, 0.2) is 5.84 Å².